The van der Waals surface area contributed by atoms with Crippen LogP contribution in [0.4, 0.5) is 10.2 Å². The van der Waals surface area contributed by atoms with E-state index in [4.69, 9.17) is 14.7 Å². The SMILES string of the molecule is COc1cc2ncnc(N[C@H](C)c3ccc(F)cc3)c2cc1OCCCCCCC(=O)NO. The Balaban J connectivity index is 1.67. The lowest BCUT2D eigenvalue weighted by Gasteiger charge is -2.17. The van der Waals surface area contributed by atoms with E-state index in [1.807, 2.05) is 19.1 Å². The summed E-state index contributed by atoms with van der Waals surface area (Å²) in [5.74, 6) is 1.18. The number of hydrogen-bond donors (Lipinski definition) is 3. The summed E-state index contributed by atoms with van der Waals surface area (Å²) < 4.78 is 24.7. The number of hydrogen-bond acceptors (Lipinski definition) is 7. The average Bonchev–Trinajstić information content (AvgIpc) is 2.83. The summed E-state index contributed by atoms with van der Waals surface area (Å²) in [4.78, 5) is 19.8. The summed E-state index contributed by atoms with van der Waals surface area (Å²) in [6.45, 7) is 2.48. The van der Waals surface area contributed by atoms with Crippen LogP contribution in [-0.4, -0.2) is 34.8 Å². The Morgan fingerprint density at radius 1 is 1.09 bits per heavy atom. The highest BCUT2D eigenvalue weighted by atomic mass is 19.1. The van der Waals surface area contributed by atoms with Crippen molar-refractivity contribution in [1.29, 1.82) is 0 Å². The summed E-state index contributed by atoms with van der Waals surface area (Å²) in [7, 11) is 1.58. The van der Waals surface area contributed by atoms with Gasteiger partial charge in [0.15, 0.2) is 11.5 Å². The van der Waals surface area contributed by atoms with E-state index in [1.165, 1.54) is 18.5 Å². The van der Waals surface area contributed by atoms with E-state index < -0.39 is 0 Å². The van der Waals surface area contributed by atoms with Gasteiger partial charge in [0, 0.05) is 23.9 Å². The van der Waals surface area contributed by atoms with Gasteiger partial charge in [-0.2, -0.15) is 0 Å². The smallest absolute Gasteiger partial charge is 0.243 e. The van der Waals surface area contributed by atoms with E-state index in [0.717, 1.165) is 30.2 Å². The largest absolute Gasteiger partial charge is 0.493 e. The van der Waals surface area contributed by atoms with E-state index in [2.05, 4.69) is 15.3 Å². The molecule has 8 nitrogen and oxygen atoms in total. The second-order valence-electron chi connectivity index (χ2n) is 7.71. The molecule has 2 aromatic carbocycles. The van der Waals surface area contributed by atoms with Gasteiger partial charge in [0.2, 0.25) is 5.91 Å². The number of carbonyl (C=O) groups excluding carboxylic acids is 1. The third-order valence-corrected chi connectivity index (χ3v) is 5.32. The number of methoxy groups -OCH3 is 1. The molecule has 3 rings (SSSR count). The fourth-order valence-corrected chi connectivity index (χ4v) is 3.47. The Kier molecular flexibility index (Phi) is 8.77. The number of benzene rings is 2. The first-order valence-corrected chi connectivity index (χ1v) is 10.9. The van der Waals surface area contributed by atoms with E-state index in [1.54, 1.807) is 24.7 Å². The minimum atomic E-state index is -0.368. The van der Waals surface area contributed by atoms with Gasteiger partial charge in [-0.05, 0) is 43.5 Å². The van der Waals surface area contributed by atoms with Crippen LogP contribution in [0.2, 0.25) is 0 Å². The summed E-state index contributed by atoms with van der Waals surface area (Å²) >= 11 is 0. The Hall–Kier alpha value is -3.46. The molecule has 3 aromatic rings. The summed E-state index contributed by atoms with van der Waals surface area (Å²) in [6.07, 6.45) is 5.10. The number of nitrogens with zero attached hydrogens (tertiary/aromatic N) is 2. The third kappa shape index (κ3) is 6.76. The van der Waals surface area contributed by atoms with Crippen molar-refractivity contribution >= 4 is 22.6 Å². The molecule has 3 N–H and O–H groups in total. The molecular formula is C24H29FN4O4. The maximum atomic E-state index is 13.2. The zero-order chi connectivity index (χ0) is 23.6. The predicted molar refractivity (Wildman–Crippen MR) is 123 cm³/mol. The number of carbonyl (C=O) groups is 1. The van der Waals surface area contributed by atoms with Crippen molar-refractivity contribution < 1.29 is 23.9 Å². The topological polar surface area (TPSA) is 106 Å². The molecule has 9 heteroatoms. The molecule has 1 atom stereocenters. The molecule has 1 amide bonds. The van der Waals surface area contributed by atoms with Crippen LogP contribution in [0.15, 0.2) is 42.7 Å². The number of nitrogens with one attached hydrogen (secondary N) is 2. The molecule has 0 aliphatic rings. The molecule has 0 saturated heterocycles. The number of rotatable bonds is 12. The number of amides is 1. The number of ether oxygens (including phenoxy) is 2. The Labute approximate surface area is 192 Å². The molecule has 176 valence electrons. The van der Waals surface area contributed by atoms with Crippen molar-refractivity contribution in [3.8, 4) is 11.5 Å². The minimum absolute atomic E-state index is 0.0944. The van der Waals surface area contributed by atoms with Crippen LogP contribution in [0.25, 0.3) is 10.9 Å². The molecule has 0 fully saturated rings. The molecule has 0 aliphatic carbocycles. The van der Waals surface area contributed by atoms with Crippen LogP contribution in [0.5, 0.6) is 11.5 Å². The van der Waals surface area contributed by atoms with Crippen LogP contribution in [-0.2, 0) is 4.79 Å². The standard InChI is InChI=1S/C24H29FN4O4/c1-16(17-8-10-18(25)11-9-17)28-24-19-13-22(21(32-2)14-20(19)26-15-27-24)33-12-6-4-3-5-7-23(30)29-31/h8-11,13-16,31H,3-7,12H2,1-2H3,(H,29,30)(H,26,27,28)/t16-/m1/s1. The average molecular weight is 457 g/mol. The minimum Gasteiger partial charge on any atom is -0.493 e. The van der Waals surface area contributed by atoms with Crippen molar-refractivity contribution in [3.05, 3.63) is 54.1 Å². The van der Waals surface area contributed by atoms with Gasteiger partial charge in [-0.1, -0.05) is 25.0 Å². The third-order valence-electron chi connectivity index (χ3n) is 5.32. The van der Waals surface area contributed by atoms with Crippen LogP contribution in [0.3, 0.4) is 0 Å². The van der Waals surface area contributed by atoms with Gasteiger partial charge in [0.05, 0.1) is 19.2 Å². The Morgan fingerprint density at radius 3 is 2.58 bits per heavy atom. The number of unbranched alkanes of at least 4 members (excludes halogenated alkanes) is 3. The quantitative estimate of drug-likeness (QED) is 0.204. The summed E-state index contributed by atoms with van der Waals surface area (Å²) in [5, 5.41) is 12.7. The highest BCUT2D eigenvalue weighted by molar-refractivity contribution is 5.91. The van der Waals surface area contributed by atoms with Crippen molar-refractivity contribution in [2.45, 2.75) is 45.1 Å². The van der Waals surface area contributed by atoms with Crippen molar-refractivity contribution in [2.24, 2.45) is 0 Å². The van der Waals surface area contributed by atoms with Crippen molar-refractivity contribution in [2.75, 3.05) is 19.0 Å². The maximum absolute atomic E-state index is 13.2. The summed E-state index contributed by atoms with van der Waals surface area (Å²) in [5.41, 5.74) is 3.28. The van der Waals surface area contributed by atoms with Gasteiger partial charge in [0.25, 0.3) is 0 Å². The Morgan fingerprint density at radius 2 is 1.85 bits per heavy atom. The van der Waals surface area contributed by atoms with E-state index >= 15 is 0 Å². The molecule has 1 aromatic heterocycles. The van der Waals surface area contributed by atoms with E-state index in [-0.39, 0.29) is 17.8 Å². The van der Waals surface area contributed by atoms with Crippen LogP contribution in [0, 0.1) is 5.82 Å². The molecule has 0 saturated carbocycles. The molecule has 0 unspecified atom stereocenters. The van der Waals surface area contributed by atoms with Gasteiger partial charge in [-0.15, -0.1) is 0 Å². The van der Waals surface area contributed by atoms with Gasteiger partial charge >= 0.3 is 0 Å². The van der Waals surface area contributed by atoms with Gasteiger partial charge < -0.3 is 14.8 Å². The molecular weight excluding hydrogens is 427 g/mol. The molecule has 33 heavy (non-hydrogen) atoms. The first kappa shape index (κ1) is 24.2. The highest BCUT2D eigenvalue weighted by Crippen LogP contribution is 2.35. The number of anilines is 1. The predicted octanol–water partition coefficient (Wildman–Crippen LogP) is 4.79. The van der Waals surface area contributed by atoms with Crippen LogP contribution >= 0.6 is 0 Å². The number of aromatic nitrogens is 2. The van der Waals surface area contributed by atoms with Crippen LogP contribution in [0.1, 0.15) is 50.6 Å². The zero-order valence-corrected chi connectivity index (χ0v) is 18.8. The lowest BCUT2D eigenvalue weighted by atomic mass is 10.1. The molecule has 0 aliphatic heterocycles. The highest BCUT2D eigenvalue weighted by Gasteiger charge is 2.14. The monoisotopic (exact) mass is 456 g/mol. The lowest BCUT2D eigenvalue weighted by Crippen LogP contribution is -2.17. The first-order chi connectivity index (χ1) is 16.0. The first-order valence-electron chi connectivity index (χ1n) is 10.9. The Bertz CT molecular complexity index is 1060. The van der Waals surface area contributed by atoms with Gasteiger partial charge in [0.1, 0.15) is 18.0 Å². The van der Waals surface area contributed by atoms with E-state index in [9.17, 15) is 9.18 Å². The van der Waals surface area contributed by atoms with Gasteiger partial charge in [-0.25, -0.2) is 19.8 Å². The number of hydroxylamine groups is 1. The fourth-order valence-electron chi connectivity index (χ4n) is 3.47. The lowest BCUT2D eigenvalue weighted by molar-refractivity contribution is -0.129. The second kappa shape index (κ2) is 12.0. The fraction of sp³-hybridized carbons (Fsp3) is 0.375. The number of halogens is 1. The summed E-state index contributed by atoms with van der Waals surface area (Å²) in [6, 6.07) is 9.93. The normalized spacial score (nSPS) is 11.8. The van der Waals surface area contributed by atoms with E-state index in [0.29, 0.717) is 42.3 Å². The number of fused-ring (bicyclic) bond motifs is 1. The van der Waals surface area contributed by atoms with Crippen molar-refractivity contribution in [3.63, 3.8) is 0 Å². The van der Waals surface area contributed by atoms with Crippen LogP contribution < -0.4 is 20.3 Å². The molecule has 0 bridgehead atoms. The molecule has 0 radical (unpaired) electrons. The van der Waals surface area contributed by atoms with Crippen molar-refractivity contribution in [1.82, 2.24) is 15.4 Å². The molecule has 1 heterocycles. The maximum Gasteiger partial charge on any atom is 0.243 e. The zero-order valence-electron chi connectivity index (χ0n) is 18.8. The van der Waals surface area contributed by atoms with Gasteiger partial charge in [-0.3, -0.25) is 10.0 Å². The second-order valence-corrected chi connectivity index (χ2v) is 7.71. The molecule has 0 spiro atoms.